The van der Waals surface area contributed by atoms with E-state index in [-0.39, 0.29) is 6.61 Å². The number of aliphatic hydroxyl groups is 1. The number of benzene rings is 2. The van der Waals surface area contributed by atoms with Gasteiger partial charge in [-0.3, -0.25) is 0 Å². The fourth-order valence-corrected chi connectivity index (χ4v) is 2.23. The Labute approximate surface area is 121 Å². The zero-order valence-corrected chi connectivity index (χ0v) is 12.0. The molecular formula is C18H23NO. The van der Waals surface area contributed by atoms with Gasteiger partial charge in [-0.1, -0.05) is 49.4 Å². The number of aryl methyl sites for hydroxylation is 1. The van der Waals surface area contributed by atoms with Crippen molar-refractivity contribution in [1.29, 1.82) is 0 Å². The zero-order chi connectivity index (χ0) is 14.2. The third kappa shape index (κ3) is 4.71. The molecule has 0 spiro atoms. The topological polar surface area (TPSA) is 32.3 Å². The van der Waals surface area contributed by atoms with Crippen LogP contribution < -0.4 is 5.32 Å². The minimum absolute atomic E-state index is 0.0963. The Morgan fingerprint density at radius 3 is 2.50 bits per heavy atom. The Morgan fingerprint density at radius 2 is 1.75 bits per heavy atom. The lowest BCUT2D eigenvalue weighted by Gasteiger charge is -2.14. The first-order valence-corrected chi connectivity index (χ1v) is 7.25. The molecular weight excluding hydrogens is 246 g/mol. The van der Waals surface area contributed by atoms with Gasteiger partial charge in [-0.2, -0.15) is 0 Å². The molecule has 2 aromatic carbocycles. The summed E-state index contributed by atoms with van der Waals surface area (Å²) in [7, 11) is 0. The number of aliphatic hydroxyl groups excluding tert-OH is 1. The Bertz CT molecular complexity index is 510. The maximum atomic E-state index is 9.12. The van der Waals surface area contributed by atoms with Gasteiger partial charge >= 0.3 is 0 Å². The minimum atomic E-state index is 0.0963. The van der Waals surface area contributed by atoms with Crippen LogP contribution in [0.4, 0.5) is 5.69 Å². The van der Waals surface area contributed by atoms with Crippen LogP contribution in [-0.2, 0) is 13.0 Å². The minimum Gasteiger partial charge on any atom is -0.392 e. The first kappa shape index (κ1) is 14.6. The molecule has 0 aliphatic heterocycles. The van der Waals surface area contributed by atoms with Gasteiger partial charge in [0.1, 0.15) is 0 Å². The average molecular weight is 269 g/mol. The quantitative estimate of drug-likeness (QED) is 0.800. The maximum Gasteiger partial charge on any atom is 0.0682 e. The highest BCUT2D eigenvalue weighted by Gasteiger charge is 2.03. The van der Waals surface area contributed by atoms with Gasteiger partial charge in [0, 0.05) is 12.2 Å². The Kier molecular flexibility index (Phi) is 5.63. The van der Waals surface area contributed by atoms with E-state index in [4.69, 9.17) is 5.11 Å². The van der Waals surface area contributed by atoms with Gasteiger partial charge in [-0.15, -0.1) is 0 Å². The average Bonchev–Trinajstić information content (AvgIpc) is 2.52. The molecule has 20 heavy (non-hydrogen) atoms. The third-order valence-electron chi connectivity index (χ3n) is 3.53. The second kappa shape index (κ2) is 7.71. The molecule has 0 heterocycles. The maximum absolute atomic E-state index is 9.12. The molecule has 2 N–H and O–H groups in total. The van der Waals surface area contributed by atoms with Crippen LogP contribution >= 0.6 is 0 Å². The summed E-state index contributed by atoms with van der Waals surface area (Å²) in [6, 6.07) is 18.6. The van der Waals surface area contributed by atoms with Crippen molar-refractivity contribution in [2.75, 3.05) is 11.9 Å². The Morgan fingerprint density at radius 1 is 1.00 bits per heavy atom. The Balaban J connectivity index is 1.75. The van der Waals surface area contributed by atoms with Crippen LogP contribution in [0.25, 0.3) is 0 Å². The van der Waals surface area contributed by atoms with E-state index in [1.54, 1.807) is 0 Å². The number of anilines is 1. The van der Waals surface area contributed by atoms with E-state index in [0.29, 0.717) is 5.92 Å². The number of hydrogen-bond acceptors (Lipinski definition) is 2. The van der Waals surface area contributed by atoms with Gasteiger partial charge in [0.15, 0.2) is 0 Å². The summed E-state index contributed by atoms with van der Waals surface area (Å²) < 4.78 is 0. The summed E-state index contributed by atoms with van der Waals surface area (Å²) in [5.74, 6) is 0.619. The molecule has 1 atom stereocenters. The molecule has 0 fully saturated rings. The summed E-state index contributed by atoms with van der Waals surface area (Å²) in [6.45, 7) is 3.33. The predicted octanol–water partition coefficient (Wildman–Crippen LogP) is 3.86. The van der Waals surface area contributed by atoms with Gasteiger partial charge in [0.05, 0.1) is 6.61 Å². The van der Waals surface area contributed by atoms with E-state index >= 15 is 0 Å². The van der Waals surface area contributed by atoms with Crippen molar-refractivity contribution in [2.24, 2.45) is 5.92 Å². The molecule has 0 radical (unpaired) electrons. The molecule has 0 unspecified atom stereocenters. The highest BCUT2D eigenvalue weighted by atomic mass is 16.3. The van der Waals surface area contributed by atoms with E-state index in [2.05, 4.69) is 42.6 Å². The second-order valence-corrected chi connectivity index (χ2v) is 5.37. The predicted molar refractivity (Wildman–Crippen MR) is 84.8 cm³/mol. The van der Waals surface area contributed by atoms with Crippen LogP contribution in [0.5, 0.6) is 0 Å². The molecule has 0 aromatic heterocycles. The second-order valence-electron chi connectivity index (χ2n) is 5.37. The lowest BCUT2D eigenvalue weighted by molar-refractivity contribution is 0.282. The highest BCUT2D eigenvalue weighted by molar-refractivity contribution is 5.45. The highest BCUT2D eigenvalue weighted by Crippen LogP contribution is 2.14. The lowest BCUT2D eigenvalue weighted by Crippen LogP contribution is -2.12. The molecule has 106 valence electrons. The molecule has 0 aliphatic carbocycles. The Hall–Kier alpha value is -1.80. The summed E-state index contributed by atoms with van der Waals surface area (Å²) in [5.41, 5.74) is 3.44. The van der Waals surface area contributed by atoms with E-state index in [1.807, 2.05) is 24.3 Å². The van der Waals surface area contributed by atoms with Crippen LogP contribution in [0, 0.1) is 5.92 Å². The first-order chi connectivity index (χ1) is 9.78. The van der Waals surface area contributed by atoms with E-state index in [0.717, 1.165) is 24.2 Å². The van der Waals surface area contributed by atoms with Crippen LogP contribution in [0.3, 0.4) is 0 Å². The fraction of sp³-hybridized carbons (Fsp3) is 0.333. The van der Waals surface area contributed by atoms with Crippen LogP contribution in [-0.4, -0.2) is 11.7 Å². The SMILES string of the molecule is C[C@H](CCc1ccccc1)CNc1cccc(CO)c1. The normalized spacial score (nSPS) is 12.1. The van der Waals surface area contributed by atoms with Crippen molar-refractivity contribution < 1.29 is 5.11 Å². The molecule has 0 aliphatic rings. The van der Waals surface area contributed by atoms with Crippen molar-refractivity contribution in [3.8, 4) is 0 Å². The molecule has 2 aromatic rings. The largest absolute Gasteiger partial charge is 0.392 e. The standard InChI is InChI=1S/C18H23NO/c1-15(10-11-16-6-3-2-4-7-16)13-19-18-9-5-8-17(12-18)14-20/h2-9,12,15,19-20H,10-11,13-14H2,1H3/t15-/m1/s1. The number of nitrogens with one attached hydrogen (secondary N) is 1. The summed E-state index contributed by atoms with van der Waals surface area (Å²) in [5, 5.41) is 12.6. The monoisotopic (exact) mass is 269 g/mol. The van der Waals surface area contributed by atoms with E-state index in [9.17, 15) is 0 Å². The van der Waals surface area contributed by atoms with Crippen molar-refractivity contribution in [1.82, 2.24) is 0 Å². The number of hydrogen-bond donors (Lipinski definition) is 2. The summed E-state index contributed by atoms with van der Waals surface area (Å²) >= 11 is 0. The van der Waals surface area contributed by atoms with E-state index < -0.39 is 0 Å². The fourth-order valence-electron chi connectivity index (χ4n) is 2.23. The van der Waals surface area contributed by atoms with E-state index in [1.165, 1.54) is 12.0 Å². The van der Waals surface area contributed by atoms with Crippen molar-refractivity contribution in [3.05, 3.63) is 65.7 Å². The van der Waals surface area contributed by atoms with Crippen LogP contribution in [0.1, 0.15) is 24.5 Å². The molecule has 2 rings (SSSR count). The van der Waals surface area contributed by atoms with Crippen LogP contribution in [0.2, 0.25) is 0 Å². The zero-order valence-electron chi connectivity index (χ0n) is 12.0. The number of rotatable bonds is 7. The lowest BCUT2D eigenvalue weighted by atomic mass is 10.0. The molecule has 0 saturated heterocycles. The van der Waals surface area contributed by atoms with Gasteiger partial charge in [0.2, 0.25) is 0 Å². The van der Waals surface area contributed by atoms with Crippen molar-refractivity contribution in [3.63, 3.8) is 0 Å². The van der Waals surface area contributed by atoms with Gasteiger partial charge in [-0.25, -0.2) is 0 Å². The molecule has 2 heteroatoms. The summed E-state index contributed by atoms with van der Waals surface area (Å²) in [4.78, 5) is 0. The molecule has 0 amide bonds. The third-order valence-corrected chi connectivity index (χ3v) is 3.53. The smallest absolute Gasteiger partial charge is 0.0682 e. The van der Waals surface area contributed by atoms with Crippen LogP contribution in [0.15, 0.2) is 54.6 Å². The molecule has 0 saturated carbocycles. The summed E-state index contributed by atoms with van der Waals surface area (Å²) in [6.07, 6.45) is 2.30. The van der Waals surface area contributed by atoms with Crippen molar-refractivity contribution >= 4 is 5.69 Å². The van der Waals surface area contributed by atoms with Gasteiger partial charge < -0.3 is 10.4 Å². The first-order valence-electron chi connectivity index (χ1n) is 7.25. The molecule has 2 nitrogen and oxygen atoms in total. The molecule has 0 bridgehead atoms. The van der Waals surface area contributed by atoms with Gasteiger partial charge in [0.25, 0.3) is 0 Å². The van der Waals surface area contributed by atoms with Crippen molar-refractivity contribution in [2.45, 2.75) is 26.4 Å². The van der Waals surface area contributed by atoms with Gasteiger partial charge in [-0.05, 0) is 42.0 Å².